The smallest absolute Gasteiger partial charge is 0.120 e. The van der Waals surface area contributed by atoms with Crippen molar-refractivity contribution < 1.29 is 4.74 Å². The second-order valence-electron chi connectivity index (χ2n) is 4.16. The summed E-state index contributed by atoms with van der Waals surface area (Å²) in [5.74, 6) is 0.819. The third kappa shape index (κ3) is 7.21. The van der Waals surface area contributed by atoms with E-state index < -0.39 is 0 Å². The van der Waals surface area contributed by atoms with Crippen LogP contribution >= 0.6 is 11.6 Å². The monoisotopic (exact) mass is 256 g/mol. The largest absolute Gasteiger partial charge is 0.492 e. The number of hydrogen-bond donors (Lipinski definition) is 2. The van der Waals surface area contributed by atoms with Crippen LogP contribution < -0.4 is 15.4 Å². The SMILES string of the molecule is CC(C)NCCNCCOc1cccc(Cl)c1. The van der Waals surface area contributed by atoms with E-state index in [2.05, 4.69) is 24.5 Å². The quantitative estimate of drug-likeness (QED) is 0.701. The van der Waals surface area contributed by atoms with Gasteiger partial charge in [0.15, 0.2) is 0 Å². The van der Waals surface area contributed by atoms with Crippen LogP contribution in [0.4, 0.5) is 0 Å². The van der Waals surface area contributed by atoms with E-state index in [4.69, 9.17) is 16.3 Å². The van der Waals surface area contributed by atoms with E-state index in [1.807, 2.05) is 24.3 Å². The van der Waals surface area contributed by atoms with E-state index in [1.54, 1.807) is 0 Å². The molecule has 17 heavy (non-hydrogen) atoms. The van der Waals surface area contributed by atoms with Gasteiger partial charge >= 0.3 is 0 Å². The lowest BCUT2D eigenvalue weighted by molar-refractivity contribution is 0.314. The lowest BCUT2D eigenvalue weighted by Crippen LogP contribution is -2.33. The first-order chi connectivity index (χ1) is 8.18. The molecule has 2 N–H and O–H groups in total. The van der Waals surface area contributed by atoms with Crippen molar-refractivity contribution in [1.29, 1.82) is 0 Å². The summed E-state index contributed by atoms with van der Waals surface area (Å²) < 4.78 is 5.55. The van der Waals surface area contributed by atoms with Gasteiger partial charge in [0.25, 0.3) is 0 Å². The molecule has 0 heterocycles. The van der Waals surface area contributed by atoms with Gasteiger partial charge in [0.05, 0.1) is 0 Å². The molecule has 0 saturated heterocycles. The fraction of sp³-hybridized carbons (Fsp3) is 0.538. The molecule has 0 saturated carbocycles. The van der Waals surface area contributed by atoms with E-state index in [9.17, 15) is 0 Å². The van der Waals surface area contributed by atoms with E-state index >= 15 is 0 Å². The Morgan fingerprint density at radius 1 is 1.24 bits per heavy atom. The van der Waals surface area contributed by atoms with Crippen molar-refractivity contribution in [3.05, 3.63) is 29.3 Å². The maximum Gasteiger partial charge on any atom is 0.120 e. The first-order valence-electron chi connectivity index (χ1n) is 6.01. The normalized spacial score (nSPS) is 10.8. The molecular weight excluding hydrogens is 236 g/mol. The average Bonchev–Trinajstić information content (AvgIpc) is 2.27. The maximum absolute atomic E-state index is 5.85. The van der Waals surface area contributed by atoms with E-state index in [0.29, 0.717) is 17.7 Å². The Morgan fingerprint density at radius 2 is 2.06 bits per heavy atom. The van der Waals surface area contributed by atoms with Crippen LogP contribution in [0.15, 0.2) is 24.3 Å². The maximum atomic E-state index is 5.85. The predicted octanol–water partition coefficient (Wildman–Crippen LogP) is 2.31. The van der Waals surface area contributed by atoms with Gasteiger partial charge in [0.2, 0.25) is 0 Å². The van der Waals surface area contributed by atoms with Crippen molar-refractivity contribution >= 4 is 11.6 Å². The van der Waals surface area contributed by atoms with Crippen molar-refractivity contribution in [3.63, 3.8) is 0 Å². The van der Waals surface area contributed by atoms with Crippen LogP contribution in [0, 0.1) is 0 Å². The fourth-order valence-corrected chi connectivity index (χ4v) is 1.55. The third-order valence-electron chi connectivity index (χ3n) is 2.20. The molecule has 1 aromatic carbocycles. The molecule has 4 heteroatoms. The number of hydrogen-bond acceptors (Lipinski definition) is 3. The third-order valence-corrected chi connectivity index (χ3v) is 2.43. The predicted molar refractivity (Wildman–Crippen MR) is 73.0 cm³/mol. The zero-order valence-electron chi connectivity index (χ0n) is 10.5. The summed E-state index contributed by atoms with van der Waals surface area (Å²) in [5, 5.41) is 7.35. The van der Waals surface area contributed by atoms with Crippen molar-refractivity contribution in [2.45, 2.75) is 19.9 Å². The number of benzene rings is 1. The van der Waals surface area contributed by atoms with Crippen LogP contribution in [0.3, 0.4) is 0 Å². The summed E-state index contributed by atoms with van der Waals surface area (Å²) >= 11 is 5.85. The van der Waals surface area contributed by atoms with Crippen LogP contribution in [0.5, 0.6) is 5.75 Å². The van der Waals surface area contributed by atoms with Crippen molar-refractivity contribution in [3.8, 4) is 5.75 Å². The summed E-state index contributed by atoms with van der Waals surface area (Å²) in [7, 11) is 0. The molecule has 0 aliphatic rings. The minimum absolute atomic E-state index is 0.541. The van der Waals surface area contributed by atoms with E-state index in [0.717, 1.165) is 25.4 Å². The van der Waals surface area contributed by atoms with Gasteiger partial charge in [-0.1, -0.05) is 31.5 Å². The molecule has 0 aliphatic heterocycles. The molecule has 0 aromatic heterocycles. The van der Waals surface area contributed by atoms with Crippen LogP contribution in [0.1, 0.15) is 13.8 Å². The second-order valence-corrected chi connectivity index (χ2v) is 4.60. The lowest BCUT2D eigenvalue weighted by atomic mass is 10.3. The van der Waals surface area contributed by atoms with Gasteiger partial charge in [-0.2, -0.15) is 0 Å². The molecule has 0 aliphatic carbocycles. The molecule has 0 fully saturated rings. The zero-order valence-corrected chi connectivity index (χ0v) is 11.3. The molecule has 1 aromatic rings. The molecule has 96 valence electrons. The summed E-state index contributed by atoms with van der Waals surface area (Å²) in [5.41, 5.74) is 0. The highest BCUT2D eigenvalue weighted by molar-refractivity contribution is 6.30. The highest BCUT2D eigenvalue weighted by atomic mass is 35.5. The molecule has 0 unspecified atom stereocenters. The van der Waals surface area contributed by atoms with Gasteiger partial charge in [-0.05, 0) is 18.2 Å². The average molecular weight is 257 g/mol. The summed E-state index contributed by atoms with van der Waals surface area (Å²) in [6.45, 7) is 7.71. The van der Waals surface area contributed by atoms with E-state index in [-0.39, 0.29) is 0 Å². The highest BCUT2D eigenvalue weighted by Crippen LogP contribution is 2.16. The van der Waals surface area contributed by atoms with Gasteiger partial charge in [-0.3, -0.25) is 0 Å². The molecule has 1 rings (SSSR count). The van der Waals surface area contributed by atoms with Gasteiger partial charge in [-0.15, -0.1) is 0 Å². The Kier molecular flexibility index (Phi) is 7.01. The number of nitrogens with one attached hydrogen (secondary N) is 2. The van der Waals surface area contributed by atoms with Gasteiger partial charge in [0, 0.05) is 30.7 Å². The first kappa shape index (κ1) is 14.3. The molecular formula is C13H21ClN2O. The molecule has 0 atom stereocenters. The Morgan fingerprint density at radius 3 is 2.76 bits per heavy atom. The summed E-state index contributed by atoms with van der Waals surface area (Å²) in [6.07, 6.45) is 0. The van der Waals surface area contributed by atoms with Crippen LogP contribution in [0.2, 0.25) is 5.02 Å². The van der Waals surface area contributed by atoms with Crippen molar-refractivity contribution in [2.75, 3.05) is 26.2 Å². The molecule has 0 amide bonds. The topological polar surface area (TPSA) is 33.3 Å². The molecule has 3 nitrogen and oxygen atoms in total. The number of ether oxygens (including phenoxy) is 1. The Hall–Kier alpha value is -0.770. The molecule has 0 bridgehead atoms. The number of rotatable bonds is 8. The zero-order chi connectivity index (χ0) is 12.5. The summed E-state index contributed by atoms with van der Waals surface area (Å²) in [4.78, 5) is 0. The minimum atomic E-state index is 0.541. The summed E-state index contributed by atoms with van der Waals surface area (Å²) in [6, 6.07) is 8.00. The van der Waals surface area contributed by atoms with Crippen molar-refractivity contribution in [2.24, 2.45) is 0 Å². The Bertz CT molecular complexity index is 318. The number of halogens is 1. The van der Waals surface area contributed by atoms with Crippen molar-refractivity contribution in [1.82, 2.24) is 10.6 Å². The van der Waals surface area contributed by atoms with Gasteiger partial charge < -0.3 is 15.4 Å². The molecule has 0 spiro atoms. The van der Waals surface area contributed by atoms with Gasteiger partial charge in [0.1, 0.15) is 12.4 Å². The minimum Gasteiger partial charge on any atom is -0.492 e. The fourth-order valence-electron chi connectivity index (χ4n) is 1.37. The standard InChI is InChI=1S/C13H21ClN2O/c1-11(2)16-7-6-15-8-9-17-13-5-3-4-12(14)10-13/h3-5,10-11,15-16H,6-9H2,1-2H3. The first-order valence-corrected chi connectivity index (χ1v) is 6.39. The Labute approximate surface area is 109 Å². The highest BCUT2D eigenvalue weighted by Gasteiger charge is 1.95. The Balaban J connectivity index is 2.01. The van der Waals surface area contributed by atoms with Gasteiger partial charge in [-0.25, -0.2) is 0 Å². The van der Waals surface area contributed by atoms with Crippen LogP contribution in [-0.4, -0.2) is 32.3 Å². The van der Waals surface area contributed by atoms with E-state index in [1.165, 1.54) is 0 Å². The second kappa shape index (κ2) is 8.34. The van der Waals surface area contributed by atoms with Crippen LogP contribution in [-0.2, 0) is 0 Å². The molecule has 0 radical (unpaired) electrons. The lowest BCUT2D eigenvalue weighted by Gasteiger charge is -2.10. The van der Waals surface area contributed by atoms with Crippen LogP contribution in [0.25, 0.3) is 0 Å².